The Balaban J connectivity index is 1.52. The number of ether oxygens (including phenoxy) is 2. The second-order valence-electron chi connectivity index (χ2n) is 7.89. The van der Waals surface area contributed by atoms with Crippen LogP contribution in [-0.2, 0) is 27.2 Å². The van der Waals surface area contributed by atoms with Crippen LogP contribution in [0.5, 0.6) is 0 Å². The smallest absolute Gasteiger partial charge is 0.275 e. The molecule has 4 heterocycles. The van der Waals surface area contributed by atoms with Gasteiger partial charge in [-0.15, -0.1) is 0 Å². The van der Waals surface area contributed by atoms with Gasteiger partial charge in [0.2, 0.25) is 10.9 Å². The third kappa shape index (κ3) is 3.70. The first kappa shape index (κ1) is 20.4. The second kappa shape index (κ2) is 8.10. The van der Waals surface area contributed by atoms with Crippen LogP contribution >= 0.6 is 11.3 Å². The van der Waals surface area contributed by atoms with Crippen molar-refractivity contribution in [3.05, 3.63) is 27.1 Å². The van der Waals surface area contributed by atoms with Crippen molar-refractivity contribution in [2.75, 3.05) is 53.6 Å². The van der Waals surface area contributed by atoms with Gasteiger partial charge in [-0.2, -0.15) is 9.61 Å². The number of likely N-dealkylation sites (N-methyl/N-ethyl adjacent to an activating group) is 1. The van der Waals surface area contributed by atoms with Gasteiger partial charge in [-0.1, -0.05) is 18.3 Å². The summed E-state index contributed by atoms with van der Waals surface area (Å²) in [5.74, 6) is 0.262. The van der Waals surface area contributed by atoms with Crippen LogP contribution in [0.2, 0.25) is 0 Å². The number of amides is 1. The summed E-state index contributed by atoms with van der Waals surface area (Å²) < 4.78 is 12.2. The van der Waals surface area contributed by atoms with Crippen LogP contribution in [0.15, 0.2) is 10.9 Å². The molecule has 4 rings (SSSR count). The molecule has 0 aromatic carbocycles. The summed E-state index contributed by atoms with van der Waals surface area (Å²) in [6.45, 7) is 6.01. The number of methoxy groups -OCH3 is 1. The third-order valence-electron chi connectivity index (χ3n) is 5.88. The lowest BCUT2D eigenvalue weighted by Crippen LogP contribution is -2.48. The monoisotopic (exact) mass is 421 g/mol. The van der Waals surface area contributed by atoms with Crippen molar-refractivity contribution in [3.63, 3.8) is 0 Å². The minimum atomic E-state index is -0.526. The zero-order valence-electron chi connectivity index (χ0n) is 17.1. The van der Waals surface area contributed by atoms with Gasteiger partial charge >= 0.3 is 0 Å². The average molecular weight is 422 g/mol. The Labute approximate surface area is 173 Å². The number of rotatable bonds is 7. The number of hydrogen-bond acceptors (Lipinski definition) is 8. The van der Waals surface area contributed by atoms with Crippen molar-refractivity contribution in [2.45, 2.75) is 19.9 Å². The summed E-state index contributed by atoms with van der Waals surface area (Å²) in [5.41, 5.74) is 0.0351. The molecule has 2 aromatic rings. The van der Waals surface area contributed by atoms with Gasteiger partial charge in [0.05, 0.1) is 30.9 Å². The number of hydrogen-bond donors (Lipinski definition) is 0. The molecule has 2 aliphatic heterocycles. The Bertz CT molecular complexity index is 960. The lowest BCUT2D eigenvalue weighted by atomic mass is 9.79. The zero-order valence-corrected chi connectivity index (χ0v) is 17.9. The summed E-state index contributed by atoms with van der Waals surface area (Å²) in [4.78, 5) is 34.8. The maximum absolute atomic E-state index is 13.2. The quantitative estimate of drug-likeness (QED) is 0.634. The first-order valence-corrected chi connectivity index (χ1v) is 10.7. The van der Waals surface area contributed by atoms with E-state index in [-0.39, 0.29) is 17.4 Å². The van der Waals surface area contributed by atoms with Crippen LogP contribution in [-0.4, -0.2) is 83.9 Å². The minimum absolute atomic E-state index is 0.109. The van der Waals surface area contributed by atoms with E-state index in [1.54, 1.807) is 18.1 Å². The van der Waals surface area contributed by atoms with Gasteiger partial charge in [-0.05, 0) is 6.42 Å². The Morgan fingerprint density at radius 2 is 2.34 bits per heavy atom. The predicted octanol–water partition coefficient (Wildman–Crippen LogP) is 0.267. The first-order valence-electron chi connectivity index (χ1n) is 9.90. The molecule has 2 fully saturated rings. The van der Waals surface area contributed by atoms with Crippen molar-refractivity contribution in [1.82, 2.24) is 24.4 Å². The maximum atomic E-state index is 13.2. The standard InChI is InChI=1S/C19H27N5O4S/c1-4-15-21-24-16(25)7-14(20-18(24)29-15)9-23-8-13-10-28-12-19(13,11-23)17(26)22(2)5-6-27-3/h7,13H,4-6,8-12H2,1-3H3/t13-,19-/m0/s1. The summed E-state index contributed by atoms with van der Waals surface area (Å²) in [6, 6.07) is 1.55. The van der Waals surface area contributed by atoms with Gasteiger partial charge in [-0.25, -0.2) is 4.98 Å². The van der Waals surface area contributed by atoms with Crippen molar-refractivity contribution in [3.8, 4) is 0 Å². The fraction of sp³-hybridized carbons (Fsp3) is 0.684. The summed E-state index contributed by atoms with van der Waals surface area (Å²) in [7, 11) is 3.45. The molecule has 0 saturated carbocycles. The van der Waals surface area contributed by atoms with Crippen molar-refractivity contribution >= 4 is 22.2 Å². The number of fused-ring (bicyclic) bond motifs is 2. The molecule has 1 amide bonds. The highest BCUT2D eigenvalue weighted by molar-refractivity contribution is 7.16. The molecule has 0 radical (unpaired) electrons. The molecule has 2 atom stereocenters. The van der Waals surface area contributed by atoms with Crippen LogP contribution in [0.3, 0.4) is 0 Å². The van der Waals surface area contributed by atoms with E-state index in [4.69, 9.17) is 9.47 Å². The number of carbonyl (C=O) groups is 1. The molecule has 29 heavy (non-hydrogen) atoms. The number of carbonyl (C=O) groups excluding carboxylic acids is 1. The molecule has 2 aromatic heterocycles. The van der Waals surface area contributed by atoms with E-state index >= 15 is 0 Å². The topological polar surface area (TPSA) is 89.3 Å². The van der Waals surface area contributed by atoms with E-state index in [1.807, 2.05) is 14.0 Å². The minimum Gasteiger partial charge on any atom is -0.383 e. The Hall–Kier alpha value is -1.88. The number of likely N-dealkylation sites (tertiary alicyclic amines) is 1. The van der Waals surface area contributed by atoms with E-state index in [0.717, 1.165) is 23.7 Å². The van der Waals surface area contributed by atoms with Crippen LogP contribution in [0, 0.1) is 11.3 Å². The zero-order chi connectivity index (χ0) is 20.6. The molecule has 0 N–H and O–H groups in total. The number of aromatic nitrogens is 3. The Kier molecular flexibility index (Phi) is 5.69. The Morgan fingerprint density at radius 3 is 3.10 bits per heavy atom. The second-order valence-corrected chi connectivity index (χ2v) is 8.93. The van der Waals surface area contributed by atoms with E-state index in [0.29, 0.717) is 44.4 Å². The third-order valence-corrected chi connectivity index (χ3v) is 6.93. The molecule has 10 heteroatoms. The van der Waals surface area contributed by atoms with Gasteiger partial charge in [-0.3, -0.25) is 14.5 Å². The fourth-order valence-electron chi connectivity index (χ4n) is 4.32. The van der Waals surface area contributed by atoms with E-state index in [1.165, 1.54) is 15.9 Å². The average Bonchev–Trinajstić information content (AvgIpc) is 3.37. The summed E-state index contributed by atoms with van der Waals surface area (Å²) in [5, 5.41) is 5.19. The van der Waals surface area contributed by atoms with Crippen molar-refractivity contribution in [1.29, 1.82) is 0 Å². The van der Waals surface area contributed by atoms with Gasteiger partial charge in [0, 0.05) is 52.3 Å². The van der Waals surface area contributed by atoms with Crippen LogP contribution in [0.25, 0.3) is 4.96 Å². The van der Waals surface area contributed by atoms with E-state index < -0.39 is 5.41 Å². The normalized spacial score (nSPS) is 24.3. The summed E-state index contributed by atoms with van der Waals surface area (Å²) in [6.07, 6.45) is 0.776. The van der Waals surface area contributed by atoms with E-state index in [2.05, 4.69) is 15.0 Å². The van der Waals surface area contributed by atoms with Gasteiger partial charge in [0.25, 0.3) is 5.56 Å². The number of nitrogens with zero attached hydrogens (tertiary/aromatic N) is 5. The molecule has 0 bridgehead atoms. The maximum Gasteiger partial charge on any atom is 0.275 e. The number of aryl methyl sites for hydroxylation is 1. The highest BCUT2D eigenvalue weighted by Gasteiger charge is 2.56. The van der Waals surface area contributed by atoms with Crippen molar-refractivity contribution in [2.24, 2.45) is 11.3 Å². The van der Waals surface area contributed by atoms with Crippen LogP contribution < -0.4 is 5.56 Å². The van der Waals surface area contributed by atoms with Gasteiger partial charge in [0.1, 0.15) is 5.01 Å². The molecule has 158 valence electrons. The van der Waals surface area contributed by atoms with E-state index in [9.17, 15) is 9.59 Å². The lowest BCUT2D eigenvalue weighted by Gasteiger charge is -2.31. The summed E-state index contributed by atoms with van der Waals surface area (Å²) >= 11 is 1.45. The molecule has 9 nitrogen and oxygen atoms in total. The molecule has 2 saturated heterocycles. The van der Waals surface area contributed by atoms with Crippen LogP contribution in [0.4, 0.5) is 0 Å². The van der Waals surface area contributed by atoms with Crippen LogP contribution in [0.1, 0.15) is 17.6 Å². The first-order chi connectivity index (χ1) is 14.0. The molecular formula is C19H27N5O4S. The molecule has 0 aliphatic carbocycles. The predicted molar refractivity (Wildman–Crippen MR) is 108 cm³/mol. The molecule has 0 spiro atoms. The fourth-order valence-corrected chi connectivity index (χ4v) is 5.18. The highest BCUT2D eigenvalue weighted by atomic mass is 32.1. The lowest BCUT2D eigenvalue weighted by molar-refractivity contribution is -0.142. The SMILES string of the molecule is CCc1nn2c(=O)cc(CN3C[C@H]4COC[C@@]4(C(=O)N(C)CCOC)C3)nc2s1. The molecule has 2 aliphatic rings. The molecular weight excluding hydrogens is 394 g/mol. The van der Waals surface area contributed by atoms with Gasteiger partial charge in [0.15, 0.2) is 0 Å². The largest absolute Gasteiger partial charge is 0.383 e. The molecule has 0 unspecified atom stereocenters. The van der Waals surface area contributed by atoms with Gasteiger partial charge < -0.3 is 14.4 Å². The Morgan fingerprint density at radius 1 is 1.52 bits per heavy atom. The van der Waals surface area contributed by atoms with Crippen molar-refractivity contribution < 1.29 is 14.3 Å². The highest BCUT2D eigenvalue weighted by Crippen LogP contribution is 2.43.